The molecule has 0 spiro atoms. The zero-order valence-corrected chi connectivity index (χ0v) is 17.7. The number of hydrogen-bond donors (Lipinski definition) is 0. The van der Waals surface area contributed by atoms with Crippen LogP contribution in [0, 0.1) is 28.6 Å². The van der Waals surface area contributed by atoms with Gasteiger partial charge in [0, 0.05) is 6.10 Å². The second-order valence-corrected chi connectivity index (χ2v) is 15.4. The summed E-state index contributed by atoms with van der Waals surface area (Å²) in [6, 6.07) is 0. The van der Waals surface area contributed by atoms with Crippen molar-refractivity contribution in [1.29, 1.82) is 0 Å². The van der Waals surface area contributed by atoms with Gasteiger partial charge in [0.05, 0.1) is 0 Å². The van der Waals surface area contributed by atoms with Crippen molar-refractivity contribution in [3.63, 3.8) is 0 Å². The Morgan fingerprint density at radius 1 is 1.00 bits per heavy atom. The molecule has 1 nitrogen and oxygen atoms in total. The van der Waals surface area contributed by atoms with Crippen LogP contribution in [0.25, 0.3) is 0 Å². The molecule has 3 saturated carbocycles. The van der Waals surface area contributed by atoms with Crippen molar-refractivity contribution in [3.8, 4) is 0 Å². The summed E-state index contributed by atoms with van der Waals surface area (Å²) in [4.78, 5) is 0. The van der Waals surface area contributed by atoms with Crippen LogP contribution in [0.15, 0.2) is 11.6 Å². The summed E-state index contributed by atoms with van der Waals surface area (Å²) in [6.45, 7) is 12.3. The highest BCUT2D eigenvalue weighted by Gasteiger charge is 2.55. The minimum absolute atomic E-state index is 0.492. The van der Waals surface area contributed by atoms with Crippen LogP contribution in [0.4, 0.5) is 0 Å². The third kappa shape index (κ3) is 2.76. The molecule has 0 N–H and O–H groups in total. The second kappa shape index (κ2) is 5.71. The van der Waals surface area contributed by atoms with Gasteiger partial charge in [-0.2, -0.15) is 0 Å². The second-order valence-electron chi connectivity index (χ2n) is 10.9. The molecule has 0 heterocycles. The van der Waals surface area contributed by atoms with E-state index >= 15 is 0 Å². The monoisotopic (exact) mass is 346 g/mol. The molecule has 4 aliphatic rings. The SMILES string of the molecule is C[C@@]12CCC[C@H]1[C@@H]1CC=C3CC(O[Si](C)(C)C)CC[C@]3(C)[C@H]1CC2. The Bertz CT molecular complexity index is 533. The van der Waals surface area contributed by atoms with E-state index in [-0.39, 0.29) is 0 Å². The molecule has 4 rings (SSSR count). The van der Waals surface area contributed by atoms with Gasteiger partial charge in [-0.1, -0.05) is 31.9 Å². The first-order chi connectivity index (χ1) is 11.2. The molecule has 6 atom stereocenters. The fourth-order valence-electron chi connectivity index (χ4n) is 7.22. The van der Waals surface area contributed by atoms with Gasteiger partial charge >= 0.3 is 0 Å². The highest BCUT2D eigenvalue weighted by Crippen LogP contribution is 2.64. The summed E-state index contributed by atoms with van der Waals surface area (Å²) in [5, 5.41) is 0. The number of hydrogen-bond acceptors (Lipinski definition) is 1. The fourth-order valence-corrected chi connectivity index (χ4v) is 8.42. The van der Waals surface area contributed by atoms with Crippen molar-refractivity contribution in [2.75, 3.05) is 0 Å². The van der Waals surface area contributed by atoms with Gasteiger partial charge in [0.1, 0.15) is 0 Å². The Kier molecular flexibility index (Phi) is 4.12. The van der Waals surface area contributed by atoms with Crippen LogP contribution < -0.4 is 0 Å². The molecule has 0 bridgehead atoms. The predicted molar refractivity (Wildman–Crippen MR) is 105 cm³/mol. The van der Waals surface area contributed by atoms with Crippen LogP contribution in [0.5, 0.6) is 0 Å². The van der Waals surface area contributed by atoms with Crippen molar-refractivity contribution in [2.45, 2.75) is 97.4 Å². The summed E-state index contributed by atoms with van der Waals surface area (Å²) in [5.74, 6) is 2.96. The minimum atomic E-state index is -1.41. The molecule has 0 amide bonds. The standard InChI is InChI=1S/C22H38OSi/c1-21-12-6-7-19(21)18-9-8-16-15-17(23-24(3,4)5)10-14-22(16,2)20(18)11-13-21/h8,17-20H,6-7,9-15H2,1-5H3/t17?,18-,19-,20-,21-,22-/m0/s1. The van der Waals surface area contributed by atoms with Gasteiger partial charge in [0.2, 0.25) is 0 Å². The average molecular weight is 347 g/mol. The Morgan fingerprint density at radius 2 is 1.79 bits per heavy atom. The van der Waals surface area contributed by atoms with E-state index in [1.807, 2.05) is 0 Å². The quantitative estimate of drug-likeness (QED) is 0.406. The molecule has 0 radical (unpaired) electrons. The van der Waals surface area contributed by atoms with Crippen LogP contribution in [0.1, 0.15) is 71.6 Å². The number of rotatable bonds is 2. The van der Waals surface area contributed by atoms with Gasteiger partial charge in [0.25, 0.3) is 0 Å². The van der Waals surface area contributed by atoms with Crippen molar-refractivity contribution in [3.05, 3.63) is 11.6 Å². The first kappa shape index (κ1) is 17.3. The molecule has 136 valence electrons. The molecule has 0 aliphatic heterocycles. The lowest BCUT2D eigenvalue weighted by Crippen LogP contribution is -2.50. The van der Waals surface area contributed by atoms with Crippen LogP contribution in [-0.2, 0) is 4.43 Å². The Morgan fingerprint density at radius 3 is 2.54 bits per heavy atom. The zero-order chi connectivity index (χ0) is 17.2. The maximum atomic E-state index is 6.49. The highest BCUT2D eigenvalue weighted by molar-refractivity contribution is 6.69. The van der Waals surface area contributed by atoms with E-state index in [9.17, 15) is 0 Å². The normalized spacial score (nSPS) is 48.3. The fraction of sp³-hybridized carbons (Fsp3) is 0.909. The van der Waals surface area contributed by atoms with Crippen molar-refractivity contribution < 1.29 is 4.43 Å². The number of fused-ring (bicyclic) bond motifs is 5. The van der Waals surface area contributed by atoms with E-state index in [1.165, 1.54) is 57.8 Å². The Balaban J connectivity index is 1.56. The lowest BCUT2D eigenvalue weighted by molar-refractivity contribution is -0.0344. The molecule has 3 fully saturated rings. The molecule has 2 heteroatoms. The average Bonchev–Trinajstić information content (AvgIpc) is 2.88. The zero-order valence-electron chi connectivity index (χ0n) is 16.7. The predicted octanol–water partition coefficient (Wildman–Crippen LogP) is 6.56. The van der Waals surface area contributed by atoms with Gasteiger partial charge in [-0.25, -0.2) is 0 Å². The summed E-state index contributed by atoms with van der Waals surface area (Å²) in [7, 11) is -1.41. The molecular formula is C22H38OSi. The maximum Gasteiger partial charge on any atom is 0.184 e. The summed E-state index contributed by atoms with van der Waals surface area (Å²) in [6.07, 6.45) is 15.9. The van der Waals surface area contributed by atoms with E-state index in [2.05, 4.69) is 39.6 Å². The smallest absolute Gasteiger partial charge is 0.184 e. The van der Waals surface area contributed by atoms with Crippen LogP contribution in [0.3, 0.4) is 0 Å². The Hall–Kier alpha value is -0.0831. The molecule has 1 unspecified atom stereocenters. The van der Waals surface area contributed by atoms with Crippen molar-refractivity contribution >= 4 is 8.32 Å². The van der Waals surface area contributed by atoms with Crippen LogP contribution >= 0.6 is 0 Å². The molecule has 4 aliphatic carbocycles. The van der Waals surface area contributed by atoms with Crippen molar-refractivity contribution in [2.24, 2.45) is 28.6 Å². The van der Waals surface area contributed by atoms with Gasteiger partial charge in [-0.15, -0.1) is 0 Å². The van der Waals surface area contributed by atoms with Crippen molar-refractivity contribution in [1.82, 2.24) is 0 Å². The first-order valence-electron chi connectivity index (χ1n) is 10.6. The van der Waals surface area contributed by atoms with Gasteiger partial charge in [-0.05, 0) is 99.6 Å². The summed E-state index contributed by atoms with van der Waals surface area (Å²) in [5.41, 5.74) is 2.95. The molecular weight excluding hydrogens is 308 g/mol. The first-order valence-corrected chi connectivity index (χ1v) is 14.0. The summed E-state index contributed by atoms with van der Waals surface area (Å²) < 4.78 is 6.49. The molecule has 0 aromatic carbocycles. The van der Waals surface area contributed by atoms with E-state index < -0.39 is 8.32 Å². The third-order valence-corrected chi connectivity index (χ3v) is 9.40. The van der Waals surface area contributed by atoms with E-state index in [0.717, 1.165) is 17.8 Å². The van der Waals surface area contributed by atoms with Crippen LogP contribution in [-0.4, -0.2) is 14.4 Å². The lowest BCUT2D eigenvalue weighted by atomic mass is 9.48. The molecule has 24 heavy (non-hydrogen) atoms. The van der Waals surface area contributed by atoms with Gasteiger partial charge < -0.3 is 4.43 Å². The maximum absolute atomic E-state index is 6.49. The van der Waals surface area contributed by atoms with E-state index in [0.29, 0.717) is 16.9 Å². The van der Waals surface area contributed by atoms with E-state index in [1.54, 1.807) is 5.57 Å². The molecule has 0 saturated heterocycles. The van der Waals surface area contributed by atoms with Gasteiger partial charge in [-0.3, -0.25) is 0 Å². The van der Waals surface area contributed by atoms with E-state index in [4.69, 9.17) is 4.43 Å². The topological polar surface area (TPSA) is 9.23 Å². The largest absolute Gasteiger partial charge is 0.414 e. The molecule has 0 aromatic heterocycles. The Labute approximate surface area is 150 Å². The highest BCUT2D eigenvalue weighted by atomic mass is 28.4. The summed E-state index contributed by atoms with van der Waals surface area (Å²) >= 11 is 0. The van der Waals surface area contributed by atoms with Gasteiger partial charge in [0.15, 0.2) is 8.32 Å². The third-order valence-electron chi connectivity index (χ3n) is 8.36. The van der Waals surface area contributed by atoms with Crippen LogP contribution in [0.2, 0.25) is 19.6 Å². The number of allylic oxidation sites excluding steroid dienone is 1. The molecule has 0 aromatic rings. The lowest BCUT2D eigenvalue weighted by Gasteiger charge is -2.57. The minimum Gasteiger partial charge on any atom is -0.414 e.